The van der Waals surface area contributed by atoms with Gasteiger partial charge in [-0.25, -0.2) is 21.2 Å². The minimum atomic E-state index is -4.70. The molecule has 0 spiro atoms. The van der Waals surface area contributed by atoms with Crippen LogP contribution in [0.5, 0.6) is 0 Å². The highest BCUT2D eigenvalue weighted by atomic mass is 32.2. The first-order chi connectivity index (χ1) is 12.4. The average Bonchev–Trinajstić information content (AvgIpc) is 2.52. The normalized spacial score (nSPS) is 16.9. The summed E-state index contributed by atoms with van der Waals surface area (Å²) in [5, 5.41) is -1.05. The maximum Gasteiger partial charge on any atom is 0.416 e. The van der Waals surface area contributed by atoms with Crippen LogP contribution in [0.25, 0.3) is 0 Å². The van der Waals surface area contributed by atoms with Gasteiger partial charge in [0.05, 0.1) is 20.6 Å². The van der Waals surface area contributed by atoms with Crippen LogP contribution in [0.4, 0.5) is 17.6 Å². The largest absolute Gasteiger partial charge is 0.416 e. The van der Waals surface area contributed by atoms with Gasteiger partial charge < -0.3 is 0 Å². The lowest BCUT2D eigenvalue weighted by Gasteiger charge is -2.37. The molecule has 1 fully saturated rings. The second-order valence-corrected chi connectivity index (χ2v) is 10.1. The van der Waals surface area contributed by atoms with Crippen LogP contribution in [0.1, 0.15) is 5.56 Å². The SMILES string of the molecule is O=S(=O)(c1ccc(F)cc1)C1CN(S(=O)(=O)c2cccc(C(F)(F)F)c2)C1. The van der Waals surface area contributed by atoms with Crippen molar-refractivity contribution in [3.63, 3.8) is 0 Å². The highest BCUT2D eigenvalue weighted by molar-refractivity contribution is 7.92. The number of nitrogens with zero attached hydrogens (tertiary/aromatic N) is 1. The van der Waals surface area contributed by atoms with Crippen LogP contribution in [0, 0.1) is 5.82 Å². The Labute approximate surface area is 153 Å². The molecule has 3 rings (SSSR count). The van der Waals surface area contributed by atoms with Gasteiger partial charge in [-0.3, -0.25) is 0 Å². The van der Waals surface area contributed by atoms with Crippen molar-refractivity contribution in [2.75, 3.05) is 13.1 Å². The van der Waals surface area contributed by atoms with Gasteiger partial charge in [0.2, 0.25) is 10.0 Å². The molecule has 27 heavy (non-hydrogen) atoms. The summed E-state index contributed by atoms with van der Waals surface area (Å²) in [5.74, 6) is -0.615. The van der Waals surface area contributed by atoms with Crippen LogP contribution in [0.3, 0.4) is 0 Å². The Hall–Kier alpha value is -1.98. The summed E-state index contributed by atoms with van der Waals surface area (Å²) >= 11 is 0. The van der Waals surface area contributed by atoms with E-state index >= 15 is 0 Å². The molecule has 5 nitrogen and oxygen atoms in total. The number of halogens is 4. The van der Waals surface area contributed by atoms with Gasteiger partial charge >= 0.3 is 6.18 Å². The monoisotopic (exact) mass is 423 g/mol. The molecule has 146 valence electrons. The number of hydrogen-bond donors (Lipinski definition) is 0. The Kier molecular flexibility index (Phi) is 4.81. The number of benzene rings is 2. The lowest BCUT2D eigenvalue weighted by Crippen LogP contribution is -2.56. The van der Waals surface area contributed by atoms with Crippen LogP contribution >= 0.6 is 0 Å². The fourth-order valence-corrected chi connectivity index (χ4v) is 6.01. The van der Waals surface area contributed by atoms with E-state index in [0.717, 1.165) is 46.8 Å². The summed E-state index contributed by atoms with van der Waals surface area (Å²) in [7, 11) is -8.14. The minimum absolute atomic E-state index is 0.148. The molecule has 0 aromatic heterocycles. The Morgan fingerprint density at radius 3 is 2.04 bits per heavy atom. The molecule has 2 aromatic carbocycles. The van der Waals surface area contributed by atoms with E-state index in [4.69, 9.17) is 0 Å². The van der Waals surface area contributed by atoms with Gasteiger partial charge in [0.15, 0.2) is 9.84 Å². The summed E-state index contributed by atoms with van der Waals surface area (Å²) in [6, 6.07) is 7.36. The molecule has 0 radical (unpaired) electrons. The lowest BCUT2D eigenvalue weighted by atomic mass is 10.2. The summed E-state index contributed by atoms with van der Waals surface area (Å²) in [6.07, 6.45) is -4.70. The molecule has 0 amide bonds. The van der Waals surface area contributed by atoms with Crippen molar-refractivity contribution in [3.05, 3.63) is 59.9 Å². The van der Waals surface area contributed by atoms with Gasteiger partial charge in [0.25, 0.3) is 0 Å². The first kappa shape index (κ1) is 19.8. The van der Waals surface area contributed by atoms with Crippen molar-refractivity contribution in [2.45, 2.75) is 21.2 Å². The van der Waals surface area contributed by atoms with Gasteiger partial charge in [-0.2, -0.15) is 17.5 Å². The Morgan fingerprint density at radius 1 is 0.889 bits per heavy atom. The van der Waals surface area contributed by atoms with E-state index in [1.807, 2.05) is 0 Å². The number of sulfone groups is 1. The maximum absolute atomic E-state index is 12.9. The topological polar surface area (TPSA) is 71.5 Å². The number of alkyl halides is 3. The van der Waals surface area contributed by atoms with E-state index < -0.39 is 60.7 Å². The third-order valence-corrected chi connectivity index (χ3v) is 8.13. The zero-order chi connectivity index (χ0) is 20.0. The Bertz CT molecular complexity index is 1060. The van der Waals surface area contributed by atoms with Crippen LogP contribution in [0.15, 0.2) is 58.3 Å². The minimum Gasteiger partial charge on any atom is -0.223 e. The molecule has 11 heteroatoms. The van der Waals surface area contributed by atoms with Gasteiger partial charge in [-0.1, -0.05) is 6.07 Å². The standard InChI is InChI=1S/C16H13F4NO4S2/c17-12-4-6-13(7-5-12)26(22,23)15-9-21(10-15)27(24,25)14-3-1-2-11(8-14)16(18,19)20/h1-8,15H,9-10H2. The highest BCUT2D eigenvalue weighted by Gasteiger charge is 2.44. The smallest absolute Gasteiger partial charge is 0.223 e. The van der Waals surface area contributed by atoms with E-state index in [1.165, 1.54) is 0 Å². The summed E-state index contributed by atoms with van der Waals surface area (Å²) in [5.41, 5.74) is -1.11. The quantitative estimate of drug-likeness (QED) is 0.560. The molecular weight excluding hydrogens is 410 g/mol. The molecule has 1 saturated heterocycles. The third kappa shape index (κ3) is 3.71. The van der Waals surface area contributed by atoms with Crippen molar-refractivity contribution >= 4 is 19.9 Å². The van der Waals surface area contributed by atoms with Gasteiger partial charge in [-0.15, -0.1) is 0 Å². The molecule has 0 saturated carbocycles. The van der Waals surface area contributed by atoms with Crippen molar-refractivity contribution < 1.29 is 34.4 Å². The van der Waals surface area contributed by atoms with E-state index in [9.17, 15) is 34.4 Å². The predicted molar refractivity (Wildman–Crippen MR) is 87.6 cm³/mol. The van der Waals surface area contributed by atoms with Crippen molar-refractivity contribution in [3.8, 4) is 0 Å². The molecule has 1 aliphatic rings. The van der Waals surface area contributed by atoms with E-state index in [1.54, 1.807) is 0 Å². The summed E-state index contributed by atoms with van der Waals surface area (Å²) < 4.78 is 102. The van der Waals surface area contributed by atoms with Crippen LogP contribution in [-0.4, -0.2) is 39.5 Å². The molecule has 1 aliphatic heterocycles. The fourth-order valence-electron chi connectivity index (χ4n) is 2.59. The third-order valence-electron chi connectivity index (χ3n) is 4.19. The van der Waals surface area contributed by atoms with Crippen molar-refractivity contribution in [1.82, 2.24) is 4.31 Å². The first-order valence-electron chi connectivity index (χ1n) is 7.59. The molecule has 0 aliphatic carbocycles. The summed E-state index contributed by atoms with van der Waals surface area (Å²) in [6.45, 7) is -0.781. The summed E-state index contributed by atoms with van der Waals surface area (Å²) in [4.78, 5) is -0.708. The first-order valence-corrected chi connectivity index (χ1v) is 10.6. The van der Waals surface area contributed by atoms with Crippen molar-refractivity contribution in [2.24, 2.45) is 0 Å². The van der Waals surface area contributed by atoms with Gasteiger partial charge in [0.1, 0.15) is 5.82 Å². The molecule has 0 N–H and O–H groups in total. The second-order valence-electron chi connectivity index (χ2n) is 5.97. The van der Waals surface area contributed by atoms with Crippen LogP contribution < -0.4 is 0 Å². The molecule has 2 aromatic rings. The molecule has 0 unspecified atom stereocenters. The van der Waals surface area contributed by atoms with E-state index in [0.29, 0.717) is 6.07 Å². The van der Waals surface area contributed by atoms with Crippen LogP contribution in [0.2, 0.25) is 0 Å². The molecule has 0 bridgehead atoms. The van der Waals surface area contributed by atoms with E-state index in [-0.39, 0.29) is 4.90 Å². The zero-order valence-corrected chi connectivity index (χ0v) is 15.2. The van der Waals surface area contributed by atoms with Gasteiger partial charge in [0, 0.05) is 13.1 Å². The second kappa shape index (κ2) is 6.57. The Morgan fingerprint density at radius 2 is 1.48 bits per heavy atom. The zero-order valence-electron chi connectivity index (χ0n) is 13.5. The number of hydrogen-bond acceptors (Lipinski definition) is 4. The van der Waals surface area contributed by atoms with Crippen molar-refractivity contribution in [1.29, 1.82) is 0 Å². The maximum atomic E-state index is 12.9. The van der Waals surface area contributed by atoms with Gasteiger partial charge in [-0.05, 0) is 42.5 Å². The molecule has 0 atom stereocenters. The number of sulfonamides is 1. The fraction of sp³-hybridized carbons (Fsp3) is 0.250. The molecular formula is C16H13F4NO4S2. The molecule has 1 heterocycles. The van der Waals surface area contributed by atoms with E-state index in [2.05, 4.69) is 0 Å². The predicted octanol–water partition coefficient (Wildman–Crippen LogP) is 2.69. The lowest BCUT2D eigenvalue weighted by molar-refractivity contribution is -0.137. The average molecular weight is 423 g/mol. The number of rotatable bonds is 4. The highest BCUT2D eigenvalue weighted by Crippen LogP contribution is 2.33. The Balaban J connectivity index is 1.80. The van der Waals surface area contributed by atoms with Crippen LogP contribution in [-0.2, 0) is 26.0 Å².